The summed E-state index contributed by atoms with van der Waals surface area (Å²) in [6.45, 7) is 0. The van der Waals surface area contributed by atoms with Crippen LogP contribution in [-0.4, -0.2) is 5.78 Å². The van der Waals surface area contributed by atoms with Gasteiger partial charge in [0.1, 0.15) is 5.78 Å². The van der Waals surface area contributed by atoms with Crippen molar-refractivity contribution in [3.8, 4) is 0 Å². The van der Waals surface area contributed by atoms with Gasteiger partial charge in [-0.3, -0.25) is 4.79 Å². The largest absolute Gasteiger partial charge is 0.299 e. The fraction of sp³-hybridized carbons (Fsp3) is 0.278. The Morgan fingerprint density at radius 3 is 2.21 bits per heavy atom. The third-order valence-electron chi connectivity index (χ3n) is 4.13. The van der Waals surface area contributed by atoms with Gasteiger partial charge in [0.2, 0.25) is 0 Å². The summed E-state index contributed by atoms with van der Waals surface area (Å²) >= 11 is 0. The Kier molecular flexibility index (Phi) is 3.45. The van der Waals surface area contributed by atoms with Crippen molar-refractivity contribution in [2.45, 2.75) is 25.2 Å². The van der Waals surface area contributed by atoms with Gasteiger partial charge < -0.3 is 0 Å². The maximum Gasteiger partial charge on any atom is 0.136 e. The zero-order chi connectivity index (χ0) is 13.1. The van der Waals surface area contributed by atoms with Crippen molar-refractivity contribution in [2.75, 3.05) is 0 Å². The third kappa shape index (κ3) is 2.60. The number of Topliss-reactive ketones (excluding diaryl/α,β-unsaturated/α-hetero) is 1. The second-order valence-corrected chi connectivity index (χ2v) is 5.32. The van der Waals surface area contributed by atoms with Gasteiger partial charge in [-0.25, -0.2) is 0 Å². The highest BCUT2D eigenvalue weighted by molar-refractivity contribution is 5.84. The van der Waals surface area contributed by atoms with Crippen LogP contribution in [0.2, 0.25) is 0 Å². The summed E-state index contributed by atoms with van der Waals surface area (Å²) in [4.78, 5) is 12.2. The van der Waals surface area contributed by atoms with E-state index in [1.54, 1.807) is 0 Å². The molecule has 0 aliphatic heterocycles. The van der Waals surface area contributed by atoms with E-state index in [-0.39, 0.29) is 5.92 Å². The fourth-order valence-corrected chi connectivity index (χ4v) is 3.13. The molecular weight excluding hydrogens is 232 g/mol. The molecule has 1 nitrogen and oxygen atoms in total. The molecule has 0 heterocycles. The van der Waals surface area contributed by atoms with Gasteiger partial charge in [-0.1, -0.05) is 60.7 Å². The Morgan fingerprint density at radius 1 is 0.895 bits per heavy atom. The lowest BCUT2D eigenvalue weighted by Crippen LogP contribution is -2.16. The number of rotatable bonds is 3. The highest BCUT2D eigenvalue weighted by atomic mass is 16.1. The lowest BCUT2D eigenvalue weighted by atomic mass is 9.84. The zero-order valence-corrected chi connectivity index (χ0v) is 11.0. The summed E-state index contributed by atoms with van der Waals surface area (Å²) in [5, 5.41) is 0. The van der Waals surface area contributed by atoms with Crippen molar-refractivity contribution in [2.24, 2.45) is 5.92 Å². The van der Waals surface area contributed by atoms with Crippen molar-refractivity contribution < 1.29 is 4.79 Å². The maximum atomic E-state index is 12.2. The van der Waals surface area contributed by atoms with Crippen LogP contribution >= 0.6 is 0 Å². The summed E-state index contributed by atoms with van der Waals surface area (Å²) in [6, 6.07) is 20.8. The van der Waals surface area contributed by atoms with E-state index in [0.717, 1.165) is 19.3 Å². The van der Waals surface area contributed by atoms with Crippen LogP contribution in [0.15, 0.2) is 60.7 Å². The van der Waals surface area contributed by atoms with Crippen LogP contribution in [0.25, 0.3) is 0 Å². The minimum atomic E-state index is 0.157. The monoisotopic (exact) mass is 250 g/mol. The molecule has 0 bridgehead atoms. The van der Waals surface area contributed by atoms with Crippen LogP contribution < -0.4 is 0 Å². The van der Waals surface area contributed by atoms with E-state index in [1.807, 2.05) is 24.3 Å². The first kappa shape index (κ1) is 12.2. The topological polar surface area (TPSA) is 17.1 Å². The Balaban J connectivity index is 1.83. The van der Waals surface area contributed by atoms with E-state index in [0.29, 0.717) is 11.7 Å². The minimum absolute atomic E-state index is 0.157. The Bertz CT molecular complexity index is 544. The van der Waals surface area contributed by atoms with Gasteiger partial charge >= 0.3 is 0 Å². The Hall–Kier alpha value is -1.89. The summed E-state index contributed by atoms with van der Waals surface area (Å²) in [5.41, 5.74) is 2.58. The average molecular weight is 250 g/mol. The molecule has 1 heteroatoms. The van der Waals surface area contributed by atoms with E-state index in [4.69, 9.17) is 0 Å². The van der Waals surface area contributed by atoms with E-state index >= 15 is 0 Å². The third-order valence-corrected chi connectivity index (χ3v) is 4.13. The van der Waals surface area contributed by atoms with Gasteiger partial charge in [-0.2, -0.15) is 0 Å². The first-order chi connectivity index (χ1) is 9.34. The molecule has 1 aliphatic carbocycles. The van der Waals surface area contributed by atoms with Gasteiger partial charge in [0, 0.05) is 12.3 Å². The number of hydrogen-bond acceptors (Lipinski definition) is 1. The second kappa shape index (κ2) is 5.40. The lowest BCUT2D eigenvalue weighted by molar-refractivity contribution is -0.120. The predicted molar refractivity (Wildman–Crippen MR) is 77.1 cm³/mol. The quantitative estimate of drug-likeness (QED) is 0.805. The molecule has 2 atom stereocenters. The Labute approximate surface area is 114 Å². The number of hydrogen-bond donors (Lipinski definition) is 0. The molecule has 3 rings (SSSR count). The first-order valence-corrected chi connectivity index (χ1v) is 6.96. The van der Waals surface area contributed by atoms with Crippen LogP contribution in [0.5, 0.6) is 0 Å². The molecule has 1 aliphatic rings. The van der Waals surface area contributed by atoms with E-state index < -0.39 is 0 Å². The second-order valence-electron chi connectivity index (χ2n) is 5.32. The highest BCUT2D eigenvalue weighted by Gasteiger charge is 2.35. The number of carbonyl (C=O) groups excluding carboxylic acids is 1. The van der Waals surface area contributed by atoms with Crippen molar-refractivity contribution in [3.05, 3.63) is 71.8 Å². The smallest absolute Gasteiger partial charge is 0.136 e. The van der Waals surface area contributed by atoms with Crippen LogP contribution in [0, 0.1) is 5.92 Å². The van der Waals surface area contributed by atoms with Crippen LogP contribution in [-0.2, 0) is 11.2 Å². The van der Waals surface area contributed by atoms with Gasteiger partial charge in [-0.05, 0) is 29.9 Å². The summed E-state index contributed by atoms with van der Waals surface area (Å²) in [6.07, 6.45) is 2.61. The molecule has 19 heavy (non-hydrogen) atoms. The van der Waals surface area contributed by atoms with Crippen molar-refractivity contribution in [3.63, 3.8) is 0 Å². The molecule has 2 aromatic rings. The van der Waals surface area contributed by atoms with Gasteiger partial charge in [0.05, 0.1) is 0 Å². The van der Waals surface area contributed by atoms with Crippen molar-refractivity contribution >= 4 is 5.78 Å². The van der Waals surface area contributed by atoms with Crippen molar-refractivity contribution in [1.29, 1.82) is 0 Å². The van der Waals surface area contributed by atoms with Crippen LogP contribution in [0.4, 0.5) is 0 Å². The SMILES string of the molecule is O=C1CCC(c2ccccc2)C1Cc1ccccc1. The molecule has 2 unspecified atom stereocenters. The molecule has 0 aromatic heterocycles. The normalized spacial score (nSPS) is 22.6. The summed E-state index contributed by atoms with van der Waals surface area (Å²) < 4.78 is 0. The molecule has 2 aromatic carbocycles. The van der Waals surface area contributed by atoms with Gasteiger partial charge in [0.15, 0.2) is 0 Å². The molecule has 0 amide bonds. The zero-order valence-electron chi connectivity index (χ0n) is 11.0. The highest BCUT2D eigenvalue weighted by Crippen LogP contribution is 2.39. The Morgan fingerprint density at radius 2 is 1.53 bits per heavy atom. The molecule has 0 saturated heterocycles. The number of ketones is 1. The molecule has 1 fully saturated rings. The van der Waals surface area contributed by atoms with E-state index in [2.05, 4.69) is 36.4 Å². The van der Waals surface area contributed by atoms with Gasteiger partial charge in [-0.15, -0.1) is 0 Å². The van der Waals surface area contributed by atoms with Crippen molar-refractivity contribution in [1.82, 2.24) is 0 Å². The average Bonchev–Trinajstić information content (AvgIpc) is 2.82. The van der Waals surface area contributed by atoms with Gasteiger partial charge in [0.25, 0.3) is 0 Å². The lowest BCUT2D eigenvalue weighted by Gasteiger charge is -2.18. The predicted octanol–water partition coefficient (Wildman–Crippen LogP) is 3.99. The molecule has 0 spiro atoms. The molecule has 1 saturated carbocycles. The standard InChI is InChI=1S/C18H18O/c19-18-12-11-16(15-9-5-2-6-10-15)17(18)13-14-7-3-1-4-8-14/h1-10,16-17H,11-13H2. The fourth-order valence-electron chi connectivity index (χ4n) is 3.13. The summed E-state index contributed by atoms with van der Waals surface area (Å²) in [5.74, 6) is 0.983. The van der Waals surface area contributed by atoms with E-state index in [9.17, 15) is 4.79 Å². The minimum Gasteiger partial charge on any atom is -0.299 e. The number of benzene rings is 2. The molecule has 96 valence electrons. The molecular formula is C18H18O. The summed E-state index contributed by atoms with van der Waals surface area (Å²) in [7, 11) is 0. The first-order valence-electron chi connectivity index (χ1n) is 6.96. The van der Waals surface area contributed by atoms with E-state index in [1.165, 1.54) is 11.1 Å². The van der Waals surface area contributed by atoms with Crippen LogP contribution in [0.1, 0.15) is 29.9 Å². The molecule has 0 radical (unpaired) electrons. The number of carbonyl (C=O) groups is 1. The van der Waals surface area contributed by atoms with Crippen LogP contribution in [0.3, 0.4) is 0 Å². The maximum absolute atomic E-state index is 12.2. The molecule has 0 N–H and O–H groups in total.